The van der Waals surface area contributed by atoms with E-state index in [1.54, 1.807) is 11.0 Å². The number of nitrogens with one attached hydrogen (secondary N) is 1. The summed E-state index contributed by atoms with van der Waals surface area (Å²) in [5, 5.41) is 12.5. The number of benzene rings is 1. The average molecular weight is 324 g/mol. The van der Waals surface area contributed by atoms with Crippen molar-refractivity contribution < 1.29 is 19.0 Å². The predicted molar refractivity (Wildman–Crippen MR) is 85.7 cm³/mol. The molecule has 1 saturated heterocycles. The maximum absolute atomic E-state index is 13.3. The van der Waals surface area contributed by atoms with E-state index in [0.29, 0.717) is 19.6 Å². The van der Waals surface area contributed by atoms with Gasteiger partial charge in [0.15, 0.2) is 11.6 Å². The quantitative estimate of drug-likeness (QED) is 0.897. The lowest BCUT2D eigenvalue weighted by molar-refractivity contribution is 0.0198. The number of rotatable bonds is 3. The number of piperidine rings is 1. The Labute approximate surface area is 136 Å². The Hall–Kier alpha value is -1.82. The molecule has 1 fully saturated rings. The van der Waals surface area contributed by atoms with E-state index in [4.69, 9.17) is 4.74 Å². The summed E-state index contributed by atoms with van der Waals surface area (Å²) in [6, 6.07) is 4.67. The van der Waals surface area contributed by atoms with Crippen LogP contribution in [0.15, 0.2) is 18.2 Å². The molecule has 5 nitrogen and oxygen atoms in total. The summed E-state index contributed by atoms with van der Waals surface area (Å²) in [7, 11) is 0. The summed E-state index contributed by atoms with van der Waals surface area (Å²) < 4.78 is 18.7. The number of ether oxygens (including phenoxy) is 1. The lowest BCUT2D eigenvalue weighted by Crippen LogP contribution is -2.46. The molecular formula is C17H25FN2O3. The van der Waals surface area contributed by atoms with Gasteiger partial charge in [0.2, 0.25) is 0 Å². The fraction of sp³-hybridized carbons (Fsp3) is 0.588. The van der Waals surface area contributed by atoms with E-state index >= 15 is 0 Å². The number of aromatic hydroxyl groups is 1. The molecule has 1 aromatic rings. The molecule has 0 aromatic heterocycles. The molecule has 0 atom stereocenters. The van der Waals surface area contributed by atoms with Crippen LogP contribution in [0, 0.1) is 5.82 Å². The van der Waals surface area contributed by atoms with E-state index in [1.165, 1.54) is 12.1 Å². The number of likely N-dealkylation sites (tertiary alicyclic amines) is 1. The first-order chi connectivity index (χ1) is 10.7. The van der Waals surface area contributed by atoms with Gasteiger partial charge in [-0.15, -0.1) is 0 Å². The lowest BCUT2D eigenvalue weighted by Gasteiger charge is -2.33. The number of hydrogen-bond donors (Lipinski definition) is 2. The number of hydrogen-bond acceptors (Lipinski definition) is 4. The van der Waals surface area contributed by atoms with Crippen molar-refractivity contribution in [2.24, 2.45) is 0 Å². The SMILES string of the molecule is CC(C)(C)OC(=O)N1CCC(NCc2ccc(O)c(F)c2)CC1. The van der Waals surface area contributed by atoms with Crippen LogP contribution in [0.4, 0.5) is 9.18 Å². The summed E-state index contributed by atoms with van der Waals surface area (Å²) in [6.07, 6.45) is 1.40. The maximum Gasteiger partial charge on any atom is 0.410 e. The highest BCUT2D eigenvalue weighted by molar-refractivity contribution is 5.68. The van der Waals surface area contributed by atoms with Gasteiger partial charge < -0.3 is 20.1 Å². The van der Waals surface area contributed by atoms with Crippen molar-refractivity contribution in [3.05, 3.63) is 29.6 Å². The molecule has 128 valence electrons. The van der Waals surface area contributed by atoms with Crippen molar-refractivity contribution in [3.8, 4) is 5.75 Å². The topological polar surface area (TPSA) is 61.8 Å². The normalized spacial score (nSPS) is 16.4. The first-order valence-corrected chi connectivity index (χ1v) is 7.93. The van der Waals surface area contributed by atoms with Crippen LogP contribution in [0.1, 0.15) is 39.2 Å². The fourth-order valence-electron chi connectivity index (χ4n) is 2.52. The number of amides is 1. The van der Waals surface area contributed by atoms with Crippen molar-refractivity contribution in [2.75, 3.05) is 13.1 Å². The highest BCUT2D eigenvalue weighted by atomic mass is 19.1. The molecule has 0 saturated carbocycles. The Balaban J connectivity index is 1.76. The second-order valence-electron chi connectivity index (χ2n) is 6.91. The van der Waals surface area contributed by atoms with Gasteiger partial charge in [-0.25, -0.2) is 9.18 Å². The van der Waals surface area contributed by atoms with Gasteiger partial charge in [-0.05, 0) is 51.3 Å². The molecule has 0 unspecified atom stereocenters. The van der Waals surface area contributed by atoms with E-state index in [2.05, 4.69) is 5.32 Å². The Morgan fingerprint density at radius 3 is 2.61 bits per heavy atom. The van der Waals surface area contributed by atoms with Gasteiger partial charge in [-0.2, -0.15) is 0 Å². The van der Waals surface area contributed by atoms with Crippen molar-refractivity contribution >= 4 is 6.09 Å². The molecule has 1 aromatic carbocycles. The number of halogens is 1. The molecule has 1 aliphatic heterocycles. The molecule has 1 heterocycles. The average Bonchev–Trinajstić information content (AvgIpc) is 2.47. The van der Waals surface area contributed by atoms with Crippen LogP contribution in [-0.2, 0) is 11.3 Å². The van der Waals surface area contributed by atoms with Gasteiger partial charge in [-0.1, -0.05) is 6.07 Å². The van der Waals surface area contributed by atoms with Gasteiger partial charge in [0.1, 0.15) is 5.60 Å². The molecule has 1 amide bonds. The van der Waals surface area contributed by atoms with Crippen LogP contribution < -0.4 is 5.32 Å². The minimum atomic E-state index is -0.607. The first-order valence-electron chi connectivity index (χ1n) is 7.93. The zero-order valence-corrected chi connectivity index (χ0v) is 13.9. The summed E-state index contributed by atoms with van der Waals surface area (Å²) in [5.41, 5.74) is 0.310. The number of carbonyl (C=O) groups excluding carboxylic acids is 1. The highest BCUT2D eigenvalue weighted by Crippen LogP contribution is 2.18. The zero-order valence-electron chi connectivity index (χ0n) is 13.9. The summed E-state index contributed by atoms with van der Waals surface area (Å²) in [6.45, 7) is 7.41. The monoisotopic (exact) mass is 324 g/mol. The third-order valence-electron chi connectivity index (χ3n) is 3.75. The van der Waals surface area contributed by atoms with Crippen molar-refractivity contribution in [1.82, 2.24) is 10.2 Å². The predicted octanol–water partition coefficient (Wildman–Crippen LogP) is 3.02. The van der Waals surface area contributed by atoms with E-state index in [9.17, 15) is 14.3 Å². The first kappa shape index (κ1) is 17.5. The van der Waals surface area contributed by atoms with Gasteiger partial charge >= 0.3 is 6.09 Å². The number of nitrogens with zero attached hydrogens (tertiary/aromatic N) is 1. The second kappa shape index (κ2) is 7.17. The molecule has 2 rings (SSSR count). The molecule has 0 aliphatic carbocycles. The number of phenols is 1. The number of carbonyl (C=O) groups is 1. The minimum absolute atomic E-state index is 0.267. The van der Waals surface area contributed by atoms with Gasteiger partial charge in [0, 0.05) is 25.7 Å². The van der Waals surface area contributed by atoms with Crippen molar-refractivity contribution in [3.63, 3.8) is 0 Å². The minimum Gasteiger partial charge on any atom is -0.505 e. The molecular weight excluding hydrogens is 299 g/mol. The summed E-state index contributed by atoms with van der Waals surface area (Å²) in [4.78, 5) is 13.7. The van der Waals surface area contributed by atoms with E-state index in [-0.39, 0.29) is 17.9 Å². The second-order valence-corrected chi connectivity index (χ2v) is 6.91. The third-order valence-corrected chi connectivity index (χ3v) is 3.75. The molecule has 0 radical (unpaired) electrons. The van der Waals surface area contributed by atoms with Crippen LogP contribution >= 0.6 is 0 Å². The molecule has 0 bridgehead atoms. The molecule has 2 N–H and O–H groups in total. The van der Waals surface area contributed by atoms with Crippen LogP contribution in [0.2, 0.25) is 0 Å². The van der Waals surface area contributed by atoms with Gasteiger partial charge in [0.05, 0.1) is 0 Å². The Morgan fingerprint density at radius 1 is 1.39 bits per heavy atom. The van der Waals surface area contributed by atoms with Crippen LogP contribution in [0.25, 0.3) is 0 Å². The largest absolute Gasteiger partial charge is 0.505 e. The van der Waals surface area contributed by atoms with Gasteiger partial charge in [-0.3, -0.25) is 0 Å². The van der Waals surface area contributed by atoms with Crippen LogP contribution in [-0.4, -0.2) is 40.8 Å². The van der Waals surface area contributed by atoms with E-state index in [0.717, 1.165) is 18.4 Å². The van der Waals surface area contributed by atoms with Crippen molar-refractivity contribution in [2.45, 2.75) is 51.8 Å². The smallest absolute Gasteiger partial charge is 0.410 e. The fourth-order valence-corrected chi connectivity index (χ4v) is 2.52. The van der Waals surface area contributed by atoms with Gasteiger partial charge in [0.25, 0.3) is 0 Å². The highest BCUT2D eigenvalue weighted by Gasteiger charge is 2.26. The summed E-state index contributed by atoms with van der Waals surface area (Å²) >= 11 is 0. The Bertz CT molecular complexity index is 549. The summed E-state index contributed by atoms with van der Waals surface area (Å²) in [5.74, 6) is -0.941. The standard InChI is InChI=1S/C17H25FN2O3/c1-17(2,3)23-16(22)20-8-6-13(7-9-20)19-11-12-4-5-15(21)14(18)10-12/h4-5,10,13,19,21H,6-9,11H2,1-3H3. The van der Waals surface area contributed by atoms with Crippen molar-refractivity contribution in [1.29, 1.82) is 0 Å². The number of phenolic OH excluding ortho intramolecular Hbond substituents is 1. The Kier molecular flexibility index (Phi) is 5.46. The maximum atomic E-state index is 13.3. The third kappa shape index (κ3) is 5.39. The van der Waals surface area contributed by atoms with E-state index in [1.807, 2.05) is 20.8 Å². The van der Waals surface area contributed by atoms with Crippen LogP contribution in [0.5, 0.6) is 5.75 Å². The molecule has 1 aliphatic rings. The zero-order chi connectivity index (χ0) is 17.0. The van der Waals surface area contributed by atoms with E-state index < -0.39 is 11.4 Å². The molecule has 6 heteroatoms. The Morgan fingerprint density at radius 2 is 2.04 bits per heavy atom. The lowest BCUT2D eigenvalue weighted by atomic mass is 10.0. The molecule has 0 spiro atoms. The van der Waals surface area contributed by atoms with Crippen LogP contribution in [0.3, 0.4) is 0 Å². The molecule has 23 heavy (non-hydrogen) atoms.